The van der Waals surface area contributed by atoms with E-state index in [0.717, 1.165) is 0 Å². The van der Waals surface area contributed by atoms with Crippen molar-refractivity contribution in [1.82, 2.24) is 0 Å². The van der Waals surface area contributed by atoms with Gasteiger partial charge in [0.15, 0.2) is 5.78 Å². The van der Waals surface area contributed by atoms with Gasteiger partial charge in [0.25, 0.3) is 5.69 Å². The number of ether oxygens (including phenoxy) is 1. The van der Waals surface area contributed by atoms with Crippen molar-refractivity contribution in [3.63, 3.8) is 0 Å². The number of carbonyl (C=O) groups is 1. The van der Waals surface area contributed by atoms with E-state index in [-0.39, 0.29) is 22.8 Å². The van der Waals surface area contributed by atoms with E-state index in [4.69, 9.17) is 10.00 Å². The van der Waals surface area contributed by atoms with Gasteiger partial charge in [-0.05, 0) is 37.3 Å². The molecule has 0 N–H and O–H groups in total. The summed E-state index contributed by atoms with van der Waals surface area (Å²) in [5.41, 5.74) is 0.136. The molecule has 104 valence electrons. The molecule has 2 rings (SSSR count). The molecule has 0 radical (unpaired) electrons. The molecule has 0 atom stereocenters. The van der Waals surface area contributed by atoms with E-state index in [1.807, 2.05) is 6.07 Å². The molecule has 0 bridgehead atoms. The zero-order valence-electron chi connectivity index (χ0n) is 11.1. The first-order valence-corrected chi connectivity index (χ1v) is 5.98. The second kappa shape index (κ2) is 5.84. The van der Waals surface area contributed by atoms with Gasteiger partial charge >= 0.3 is 0 Å². The number of rotatable bonds is 4. The average molecular weight is 282 g/mol. The molecule has 0 heterocycles. The summed E-state index contributed by atoms with van der Waals surface area (Å²) in [6.45, 7) is 1.26. The summed E-state index contributed by atoms with van der Waals surface area (Å²) in [4.78, 5) is 21.7. The Kier molecular flexibility index (Phi) is 3.95. The van der Waals surface area contributed by atoms with Crippen LogP contribution in [0.25, 0.3) is 0 Å². The molecule has 0 aliphatic carbocycles. The number of benzene rings is 2. The summed E-state index contributed by atoms with van der Waals surface area (Å²) < 4.78 is 5.48. The lowest BCUT2D eigenvalue weighted by atomic mass is 10.1. The molecular formula is C15H10N2O4. The van der Waals surface area contributed by atoms with Gasteiger partial charge in [-0.25, -0.2) is 0 Å². The van der Waals surface area contributed by atoms with Crippen LogP contribution in [0.3, 0.4) is 0 Å². The van der Waals surface area contributed by atoms with Crippen molar-refractivity contribution in [3.8, 4) is 17.6 Å². The summed E-state index contributed by atoms with van der Waals surface area (Å²) in [5, 5.41) is 19.8. The van der Waals surface area contributed by atoms with Crippen LogP contribution < -0.4 is 4.74 Å². The number of nitriles is 1. The predicted molar refractivity (Wildman–Crippen MR) is 74.3 cm³/mol. The molecule has 0 unspecified atom stereocenters. The van der Waals surface area contributed by atoms with Crippen LogP contribution in [0, 0.1) is 21.4 Å². The van der Waals surface area contributed by atoms with E-state index < -0.39 is 4.92 Å². The Morgan fingerprint density at radius 1 is 1.24 bits per heavy atom. The second-order valence-corrected chi connectivity index (χ2v) is 4.23. The van der Waals surface area contributed by atoms with Crippen molar-refractivity contribution in [1.29, 1.82) is 5.26 Å². The molecule has 6 nitrogen and oxygen atoms in total. The quantitative estimate of drug-likeness (QED) is 0.486. The van der Waals surface area contributed by atoms with Crippen molar-refractivity contribution in [2.45, 2.75) is 6.92 Å². The van der Waals surface area contributed by atoms with Gasteiger partial charge in [-0.1, -0.05) is 6.07 Å². The van der Waals surface area contributed by atoms with Crippen molar-refractivity contribution in [3.05, 3.63) is 63.7 Å². The number of carbonyl (C=O) groups excluding carboxylic acids is 1. The van der Waals surface area contributed by atoms with Crippen LogP contribution in [0.15, 0.2) is 42.5 Å². The van der Waals surface area contributed by atoms with Crippen molar-refractivity contribution >= 4 is 11.5 Å². The van der Waals surface area contributed by atoms with Gasteiger partial charge < -0.3 is 4.74 Å². The van der Waals surface area contributed by atoms with Crippen molar-refractivity contribution in [2.24, 2.45) is 0 Å². The standard InChI is InChI=1S/C15H10N2O4/c1-10(18)14-6-5-13(8-15(14)17(19)20)21-12-4-2-3-11(7-12)9-16/h2-8H,1H3. The highest BCUT2D eigenvalue weighted by molar-refractivity contribution is 5.98. The summed E-state index contributed by atoms with van der Waals surface area (Å²) in [6, 6.07) is 12.4. The molecule has 0 amide bonds. The minimum atomic E-state index is -0.630. The zero-order valence-corrected chi connectivity index (χ0v) is 11.1. The Hall–Kier alpha value is -3.20. The smallest absolute Gasteiger partial charge is 0.283 e. The van der Waals surface area contributed by atoms with Crippen molar-refractivity contribution < 1.29 is 14.5 Å². The number of Topliss-reactive ketones (excluding diaryl/α,β-unsaturated/α-hetero) is 1. The molecule has 2 aromatic rings. The lowest BCUT2D eigenvalue weighted by molar-refractivity contribution is -0.385. The Balaban J connectivity index is 2.37. The third-order valence-electron chi connectivity index (χ3n) is 2.74. The molecule has 0 aromatic heterocycles. The van der Waals surface area contributed by atoms with Crippen LogP contribution in [0.4, 0.5) is 5.69 Å². The molecule has 6 heteroatoms. The van der Waals surface area contributed by atoms with Crippen LogP contribution >= 0.6 is 0 Å². The molecule has 0 aliphatic heterocycles. The summed E-state index contributed by atoms with van der Waals surface area (Å²) in [5.74, 6) is 0.223. The van der Waals surface area contributed by atoms with E-state index in [0.29, 0.717) is 11.3 Å². The van der Waals surface area contributed by atoms with E-state index in [1.165, 1.54) is 31.2 Å². The zero-order chi connectivity index (χ0) is 15.4. The lowest BCUT2D eigenvalue weighted by Crippen LogP contribution is -2.00. The van der Waals surface area contributed by atoms with Gasteiger partial charge in [-0.3, -0.25) is 14.9 Å². The van der Waals surface area contributed by atoms with Gasteiger partial charge in [0.1, 0.15) is 11.5 Å². The molecule has 2 aromatic carbocycles. The predicted octanol–water partition coefficient (Wildman–Crippen LogP) is 3.46. The van der Waals surface area contributed by atoms with Gasteiger partial charge in [-0.2, -0.15) is 5.26 Å². The molecule has 21 heavy (non-hydrogen) atoms. The average Bonchev–Trinajstić information content (AvgIpc) is 2.47. The minimum absolute atomic E-state index is 0.0260. The fraction of sp³-hybridized carbons (Fsp3) is 0.0667. The first-order valence-electron chi connectivity index (χ1n) is 5.98. The monoisotopic (exact) mass is 282 g/mol. The first-order chi connectivity index (χ1) is 10.0. The number of hydrogen-bond donors (Lipinski definition) is 0. The van der Waals surface area contributed by atoms with E-state index >= 15 is 0 Å². The van der Waals surface area contributed by atoms with Gasteiger partial charge in [0.05, 0.1) is 28.2 Å². The maximum Gasteiger partial charge on any atom is 0.283 e. The Labute approximate surface area is 120 Å². The number of nitro groups is 1. The SMILES string of the molecule is CC(=O)c1ccc(Oc2cccc(C#N)c2)cc1[N+](=O)[O-]. The second-order valence-electron chi connectivity index (χ2n) is 4.23. The third kappa shape index (κ3) is 3.22. The van der Waals surface area contributed by atoms with Crippen LogP contribution in [0.5, 0.6) is 11.5 Å². The highest BCUT2D eigenvalue weighted by Crippen LogP contribution is 2.28. The molecule has 0 spiro atoms. The fourth-order valence-corrected chi connectivity index (χ4v) is 1.79. The van der Waals surface area contributed by atoms with E-state index in [2.05, 4.69) is 0 Å². The van der Waals surface area contributed by atoms with Crippen LogP contribution in [0.2, 0.25) is 0 Å². The lowest BCUT2D eigenvalue weighted by Gasteiger charge is -2.07. The van der Waals surface area contributed by atoms with Gasteiger partial charge in [0, 0.05) is 0 Å². The number of nitro benzene ring substituents is 1. The fourth-order valence-electron chi connectivity index (χ4n) is 1.79. The largest absolute Gasteiger partial charge is 0.457 e. The first kappa shape index (κ1) is 14.2. The molecule has 0 saturated carbocycles. The highest BCUT2D eigenvalue weighted by Gasteiger charge is 2.18. The maximum atomic E-state index is 11.3. The third-order valence-corrected chi connectivity index (χ3v) is 2.74. The summed E-state index contributed by atoms with van der Waals surface area (Å²) >= 11 is 0. The molecule has 0 saturated heterocycles. The highest BCUT2D eigenvalue weighted by atomic mass is 16.6. The summed E-state index contributed by atoms with van der Waals surface area (Å²) in [6.07, 6.45) is 0. The number of hydrogen-bond acceptors (Lipinski definition) is 5. The Bertz CT molecular complexity index is 763. The Morgan fingerprint density at radius 2 is 1.95 bits per heavy atom. The van der Waals surface area contributed by atoms with Gasteiger partial charge in [-0.15, -0.1) is 0 Å². The molecule has 0 fully saturated rings. The number of nitrogens with zero attached hydrogens (tertiary/aromatic N) is 2. The number of ketones is 1. The van der Waals surface area contributed by atoms with Crippen LogP contribution in [-0.4, -0.2) is 10.7 Å². The molecular weight excluding hydrogens is 272 g/mol. The maximum absolute atomic E-state index is 11.3. The van der Waals surface area contributed by atoms with E-state index in [9.17, 15) is 14.9 Å². The van der Waals surface area contributed by atoms with E-state index in [1.54, 1.807) is 18.2 Å². The Morgan fingerprint density at radius 3 is 2.57 bits per heavy atom. The summed E-state index contributed by atoms with van der Waals surface area (Å²) in [7, 11) is 0. The molecule has 0 aliphatic rings. The van der Waals surface area contributed by atoms with Crippen molar-refractivity contribution in [2.75, 3.05) is 0 Å². The minimum Gasteiger partial charge on any atom is -0.457 e. The van der Waals surface area contributed by atoms with Gasteiger partial charge in [0.2, 0.25) is 0 Å². The van der Waals surface area contributed by atoms with Crippen LogP contribution in [0.1, 0.15) is 22.8 Å². The van der Waals surface area contributed by atoms with Crippen LogP contribution in [-0.2, 0) is 0 Å². The normalized spacial score (nSPS) is 9.71. The topological polar surface area (TPSA) is 93.2 Å².